The number of carbonyl (C=O) groups excluding carboxylic acids is 3. The summed E-state index contributed by atoms with van der Waals surface area (Å²) in [5.41, 5.74) is 17.3. The quantitative estimate of drug-likeness (QED) is 0.0664. The largest absolute Gasteiger partial charge is 0.481 e. The van der Waals surface area contributed by atoms with E-state index in [4.69, 9.17) is 21.9 Å². The Balaban J connectivity index is 2.00. The van der Waals surface area contributed by atoms with E-state index in [0.29, 0.717) is 6.42 Å². The number of carboxylic acids is 2. The van der Waals surface area contributed by atoms with Gasteiger partial charge in [-0.15, -0.1) is 0 Å². The fraction of sp³-hybridized carbons (Fsp3) is 0.520. The van der Waals surface area contributed by atoms with Gasteiger partial charge in [-0.25, -0.2) is 4.79 Å². The van der Waals surface area contributed by atoms with E-state index < -0.39 is 60.2 Å². The van der Waals surface area contributed by atoms with Crippen LogP contribution in [0.3, 0.4) is 0 Å². The van der Waals surface area contributed by atoms with Gasteiger partial charge < -0.3 is 47.7 Å². The zero-order chi connectivity index (χ0) is 29.7. The highest BCUT2D eigenvalue weighted by Gasteiger charge is 2.39. The van der Waals surface area contributed by atoms with Crippen LogP contribution in [0.2, 0.25) is 0 Å². The summed E-state index contributed by atoms with van der Waals surface area (Å²) in [4.78, 5) is 66.9. The summed E-state index contributed by atoms with van der Waals surface area (Å²) in [6.45, 7) is 0.322. The van der Waals surface area contributed by atoms with Gasteiger partial charge in [0, 0.05) is 13.1 Å². The molecule has 0 aliphatic carbocycles. The van der Waals surface area contributed by atoms with Crippen molar-refractivity contribution in [3.63, 3.8) is 0 Å². The molecule has 3 amide bonds. The molecule has 0 unspecified atom stereocenters. The summed E-state index contributed by atoms with van der Waals surface area (Å²) in [5, 5.41) is 23.6. The zero-order valence-corrected chi connectivity index (χ0v) is 22.0. The molecule has 15 nitrogen and oxygen atoms in total. The average molecular weight is 564 g/mol. The summed E-state index contributed by atoms with van der Waals surface area (Å²) in [6.07, 6.45) is 0.242. The number of aliphatic imine (C=N–C) groups is 1. The number of rotatable bonds is 16. The highest BCUT2D eigenvalue weighted by Crippen LogP contribution is 2.20. The summed E-state index contributed by atoms with van der Waals surface area (Å²) in [7, 11) is 0. The fourth-order valence-electron chi connectivity index (χ4n) is 4.14. The van der Waals surface area contributed by atoms with Gasteiger partial charge in [0.1, 0.15) is 24.2 Å². The van der Waals surface area contributed by atoms with E-state index in [1.807, 2.05) is 30.3 Å². The predicted octanol–water partition coefficient (Wildman–Crippen LogP) is -1.90. The van der Waals surface area contributed by atoms with Gasteiger partial charge in [0.25, 0.3) is 0 Å². The zero-order valence-electron chi connectivity index (χ0n) is 22.0. The molecule has 4 atom stereocenters. The van der Waals surface area contributed by atoms with Crippen molar-refractivity contribution in [1.82, 2.24) is 15.5 Å². The third-order valence-corrected chi connectivity index (χ3v) is 6.14. The molecule has 0 bridgehead atoms. The first-order valence-electron chi connectivity index (χ1n) is 12.8. The average Bonchev–Trinajstić information content (AvgIpc) is 3.39. The van der Waals surface area contributed by atoms with Gasteiger partial charge in [0.05, 0.1) is 19.6 Å². The first-order chi connectivity index (χ1) is 19.0. The van der Waals surface area contributed by atoms with Crippen LogP contribution in [0.5, 0.6) is 0 Å². The highest BCUT2D eigenvalue weighted by molar-refractivity contribution is 5.96. The van der Waals surface area contributed by atoms with Gasteiger partial charge in [0.15, 0.2) is 5.96 Å². The number of nitrogens with two attached hydrogens (primary N) is 3. The number of aliphatic carboxylic acids is 2. The van der Waals surface area contributed by atoms with Crippen molar-refractivity contribution in [1.29, 1.82) is 0 Å². The van der Waals surface area contributed by atoms with Crippen molar-refractivity contribution in [2.45, 2.75) is 62.9 Å². The lowest BCUT2D eigenvalue weighted by Crippen LogP contribution is -2.57. The molecule has 0 aromatic heterocycles. The summed E-state index contributed by atoms with van der Waals surface area (Å²) < 4.78 is 5.46. The second kappa shape index (κ2) is 16.0. The molecule has 1 aromatic rings. The number of likely N-dealkylation sites (tertiary alicyclic amines) is 1. The molecule has 1 saturated heterocycles. The van der Waals surface area contributed by atoms with Crippen LogP contribution in [0.25, 0.3) is 0 Å². The number of hydrogen-bond acceptors (Lipinski definition) is 8. The molecule has 2 rings (SSSR count). The van der Waals surface area contributed by atoms with Crippen molar-refractivity contribution in [2.75, 3.05) is 19.7 Å². The lowest BCUT2D eigenvalue weighted by molar-refractivity contribution is -0.147. The normalized spacial score (nSPS) is 16.8. The van der Waals surface area contributed by atoms with Crippen molar-refractivity contribution in [3.05, 3.63) is 35.9 Å². The monoisotopic (exact) mass is 563 g/mol. The van der Waals surface area contributed by atoms with Crippen LogP contribution < -0.4 is 27.8 Å². The maximum absolute atomic E-state index is 13.3. The number of amides is 3. The Morgan fingerprint density at radius 2 is 1.77 bits per heavy atom. The molecule has 0 radical (unpaired) electrons. The Morgan fingerprint density at radius 1 is 1.07 bits per heavy atom. The second-order valence-corrected chi connectivity index (χ2v) is 9.30. The van der Waals surface area contributed by atoms with Crippen molar-refractivity contribution in [2.24, 2.45) is 22.2 Å². The molecule has 0 saturated carbocycles. The second-order valence-electron chi connectivity index (χ2n) is 9.30. The number of carboxylic acid groups (broad SMARTS) is 2. The van der Waals surface area contributed by atoms with E-state index in [-0.39, 0.29) is 51.5 Å². The van der Waals surface area contributed by atoms with Crippen LogP contribution in [0, 0.1) is 0 Å². The Labute approximate surface area is 231 Å². The molecule has 1 aliphatic heterocycles. The minimum atomic E-state index is -1.49. The van der Waals surface area contributed by atoms with E-state index in [1.165, 1.54) is 0 Å². The number of nitrogens with one attached hydrogen (secondary N) is 2. The van der Waals surface area contributed by atoms with Crippen molar-refractivity contribution < 1.29 is 38.9 Å². The highest BCUT2D eigenvalue weighted by atomic mass is 16.5. The summed E-state index contributed by atoms with van der Waals surface area (Å²) >= 11 is 0. The third kappa shape index (κ3) is 10.5. The van der Waals surface area contributed by atoms with Crippen LogP contribution in [0.4, 0.5) is 0 Å². The van der Waals surface area contributed by atoms with Gasteiger partial charge in [-0.1, -0.05) is 30.3 Å². The molecular weight excluding hydrogens is 526 g/mol. The van der Waals surface area contributed by atoms with E-state index in [1.54, 1.807) is 0 Å². The van der Waals surface area contributed by atoms with E-state index >= 15 is 0 Å². The molecule has 0 spiro atoms. The number of benzene rings is 1. The van der Waals surface area contributed by atoms with Gasteiger partial charge in [-0.05, 0) is 31.2 Å². The number of ether oxygens (including phenoxy) is 1. The fourth-order valence-corrected chi connectivity index (χ4v) is 4.14. The smallest absolute Gasteiger partial charge is 0.326 e. The van der Waals surface area contributed by atoms with Gasteiger partial charge in [0.2, 0.25) is 17.7 Å². The maximum Gasteiger partial charge on any atom is 0.326 e. The molecule has 1 aromatic carbocycles. The van der Waals surface area contributed by atoms with E-state index in [0.717, 1.165) is 10.5 Å². The molecular formula is C25H37N7O8. The maximum atomic E-state index is 13.3. The Morgan fingerprint density at radius 3 is 2.40 bits per heavy atom. The van der Waals surface area contributed by atoms with Crippen LogP contribution in [-0.2, 0) is 35.3 Å². The molecule has 40 heavy (non-hydrogen) atoms. The first kappa shape index (κ1) is 32.0. The van der Waals surface area contributed by atoms with Gasteiger partial charge in [-0.3, -0.25) is 24.2 Å². The predicted molar refractivity (Wildman–Crippen MR) is 142 cm³/mol. The Kier molecular flexibility index (Phi) is 12.8. The van der Waals surface area contributed by atoms with Gasteiger partial charge >= 0.3 is 11.9 Å². The molecule has 1 aliphatic rings. The molecule has 220 valence electrons. The van der Waals surface area contributed by atoms with E-state index in [9.17, 15) is 34.2 Å². The van der Waals surface area contributed by atoms with Crippen LogP contribution in [0.1, 0.15) is 37.7 Å². The van der Waals surface area contributed by atoms with Crippen molar-refractivity contribution in [3.8, 4) is 0 Å². The summed E-state index contributed by atoms with van der Waals surface area (Å²) in [5.74, 6) is -5.04. The number of carbonyl (C=O) groups is 5. The van der Waals surface area contributed by atoms with E-state index in [2.05, 4.69) is 15.6 Å². The first-order valence-corrected chi connectivity index (χ1v) is 12.8. The van der Waals surface area contributed by atoms with Crippen LogP contribution in [0.15, 0.2) is 35.3 Å². The number of nitrogens with zero attached hydrogens (tertiary/aromatic N) is 2. The third-order valence-electron chi connectivity index (χ3n) is 6.14. The molecule has 15 heteroatoms. The lowest BCUT2D eigenvalue weighted by Gasteiger charge is -2.29. The molecule has 10 N–H and O–H groups in total. The lowest BCUT2D eigenvalue weighted by atomic mass is 10.1. The Bertz CT molecular complexity index is 1060. The minimum Gasteiger partial charge on any atom is -0.481 e. The standard InChI is InChI=1S/C25H37N7O8/c26-16(14-40-13-15-6-2-1-3-7-15)21(35)31-18(12-20(33)34)23(37)32-11-5-9-19(32)22(36)30-17(24(38)39)8-4-10-29-25(27)28/h1-3,6-7,16-19H,4-5,8-14,26H2,(H,30,36)(H,31,35)(H,33,34)(H,38,39)(H4,27,28,29)/t16-,17-,18-,19-/m0/s1. The minimum absolute atomic E-state index is 0.0421. The van der Waals surface area contributed by atoms with Gasteiger partial charge in [-0.2, -0.15) is 0 Å². The molecule has 1 heterocycles. The topological polar surface area (TPSA) is 253 Å². The van der Waals surface area contributed by atoms with Crippen molar-refractivity contribution >= 4 is 35.6 Å². The van der Waals surface area contributed by atoms with Crippen LogP contribution in [-0.4, -0.2) is 94.6 Å². The number of guanidine groups is 1. The Hall–Kier alpha value is -4.24. The van der Waals surface area contributed by atoms with Crippen LogP contribution >= 0.6 is 0 Å². The SMILES string of the molecule is NC(N)=NCCC[C@H](NC(=O)[C@@H]1CCCN1C(=O)[C@H](CC(=O)O)NC(=O)[C@@H](N)COCc1ccccc1)C(=O)O. The summed E-state index contributed by atoms with van der Waals surface area (Å²) in [6, 6.07) is 4.22. The number of hydrogen-bond donors (Lipinski definition) is 7. The molecule has 1 fully saturated rings.